The fourth-order valence-electron chi connectivity index (χ4n) is 1.12. The van der Waals surface area contributed by atoms with E-state index >= 15 is 0 Å². The minimum Gasteiger partial charge on any atom is -0.481 e. The quantitative estimate of drug-likeness (QED) is 0.710. The molecule has 0 radical (unpaired) electrons. The van der Waals surface area contributed by atoms with E-state index in [1.165, 1.54) is 12.1 Å². The topological polar surface area (TPSA) is 86.6 Å². The summed E-state index contributed by atoms with van der Waals surface area (Å²) in [6, 6.07) is 6.24. The largest absolute Gasteiger partial charge is 0.481 e. The number of benzene rings is 1. The van der Waals surface area contributed by atoms with Crippen LogP contribution in [0.2, 0.25) is 0 Å². The van der Waals surface area contributed by atoms with E-state index < -0.39 is 18.0 Å². The molecule has 0 aliphatic rings. The Labute approximate surface area is 86.4 Å². The van der Waals surface area contributed by atoms with E-state index in [-0.39, 0.29) is 0 Å². The van der Waals surface area contributed by atoms with E-state index in [1.54, 1.807) is 19.1 Å². The van der Waals surface area contributed by atoms with Crippen molar-refractivity contribution >= 4 is 17.7 Å². The molecule has 3 N–H and O–H groups in total. The predicted octanol–water partition coefficient (Wildman–Crippen LogP) is 1.96. The van der Waals surface area contributed by atoms with E-state index in [1.807, 2.05) is 0 Å². The number of carbonyl (C=O) groups is 2. The van der Waals surface area contributed by atoms with Crippen molar-refractivity contribution < 1.29 is 19.8 Å². The molecule has 80 valence electrons. The highest BCUT2D eigenvalue weighted by molar-refractivity contribution is 5.83. The summed E-state index contributed by atoms with van der Waals surface area (Å²) in [6.07, 6.45) is -1.14. The molecule has 1 aromatic carbocycles. The highest BCUT2D eigenvalue weighted by Crippen LogP contribution is 2.17. The zero-order valence-corrected chi connectivity index (χ0v) is 8.10. The van der Waals surface area contributed by atoms with Crippen LogP contribution in [0.5, 0.6) is 0 Å². The summed E-state index contributed by atoms with van der Waals surface area (Å²) in [7, 11) is 0. The Morgan fingerprint density at radius 1 is 1.20 bits per heavy atom. The molecule has 0 fully saturated rings. The van der Waals surface area contributed by atoms with E-state index in [4.69, 9.17) is 10.2 Å². The highest BCUT2D eigenvalue weighted by Gasteiger charge is 2.12. The Morgan fingerprint density at radius 3 is 2.13 bits per heavy atom. The Morgan fingerprint density at radius 2 is 1.73 bits per heavy atom. The van der Waals surface area contributed by atoms with Crippen LogP contribution in [0.25, 0.3) is 0 Å². The molecule has 1 unspecified atom stereocenters. The molecule has 1 aromatic rings. The second-order valence-corrected chi connectivity index (χ2v) is 3.11. The van der Waals surface area contributed by atoms with Crippen LogP contribution in [0.15, 0.2) is 24.3 Å². The Kier molecular flexibility index (Phi) is 3.28. The molecular weight excluding hydrogens is 198 g/mol. The van der Waals surface area contributed by atoms with Crippen molar-refractivity contribution in [3.05, 3.63) is 29.8 Å². The SMILES string of the molecule is CC(C(=O)O)c1ccc(NC(=O)O)cc1. The molecule has 1 rings (SSSR count). The van der Waals surface area contributed by atoms with Crippen molar-refractivity contribution in [3.8, 4) is 0 Å². The normalized spacial score (nSPS) is 11.8. The number of carboxylic acids is 1. The lowest BCUT2D eigenvalue weighted by molar-refractivity contribution is -0.138. The fourth-order valence-corrected chi connectivity index (χ4v) is 1.12. The van der Waals surface area contributed by atoms with Gasteiger partial charge in [-0.3, -0.25) is 10.1 Å². The fraction of sp³-hybridized carbons (Fsp3) is 0.200. The van der Waals surface area contributed by atoms with Gasteiger partial charge in [0.2, 0.25) is 0 Å². The van der Waals surface area contributed by atoms with Gasteiger partial charge in [-0.15, -0.1) is 0 Å². The first-order chi connectivity index (χ1) is 7.00. The van der Waals surface area contributed by atoms with Crippen LogP contribution >= 0.6 is 0 Å². The summed E-state index contributed by atoms with van der Waals surface area (Å²) in [5.41, 5.74) is 1.06. The van der Waals surface area contributed by atoms with Gasteiger partial charge in [0.1, 0.15) is 0 Å². The molecule has 0 aliphatic carbocycles. The molecule has 1 atom stereocenters. The molecule has 0 bridgehead atoms. The lowest BCUT2D eigenvalue weighted by Gasteiger charge is -2.07. The number of amides is 1. The van der Waals surface area contributed by atoms with Gasteiger partial charge in [-0.05, 0) is 24.6 Å². The molecule has 0 heterocycles. The van der Waals surface area contributed by atoms with E-state index in [9.17, 15) is 9.59 Å². The molecule has 0 aliphatic heterocycles. The van der Waals surface area contributed by atoms with Gasteiger partial charge in [-0.1, -0.05) is 12.1 Å². The number of rotatable bonds is 3. The van der Waals surface area contributed by atoms with Crippen molar-refractivity contribution in [1.29, 1.82) is 0 Å². The Hall–Kier alpha value is -2.04. The van der Waals surface area contributed by atoms with Gasteiger partial charge >= 0.3 is 12.1 Å². The molecule has 0 aromatic heterocycles. The summed E-state index contributed by atoms with van der Waals surface area (Å²) in [5, 5.41) is 19.3. The lowest BCUT2D eigenvalue weighted by Crippen LogP contribution is -2.09. The zero-order chi connectivity index (χ0) is 11.4. The smallest absolute Gasteiger partial charge is 0.409 e. The number of hydrogen-bond donors (Lipinski definition) is 3. The maximum Gasteiger partial charge on any atom is 0.409 e. The highest BCUT2D eigenvalue weighted by atomic mass is 16.4. The molecule has 5 nitrogen and oxygen atoms in total. The number of nitrogens with one attached hydrogen (secondary N) is 1. The second-order valence-electron chi connectivity index (χ2n) is 3.11. The Bertz CT molecular complexity index is 372. The molecule has 15 heavy (non-hydrogen) atoms. The summed E-state index contributed by atoms with van der Waals surface area (Å²) < 4.78 is 0. The Balaban J connectivity index is 2.80. The third kappa shape index (κ3) is 2.98. The summed E-state index contributed by atoms with van der Waals surface area (Å²) in [4.78, 5) is 20.9. The van der Waals surface area contributed by atoms with E-state index in [0.29, 0.717) is 11.3 Å². The van der Waals surface area contributed by atoms with Gasteiger partial charge in [-0.25, -0.2) is 4.79 Å². The third-order valence-corrected chi connectivity index (χ3v) is 2.03. The second kappa shape index (κ2) is 4.45. The summed E-state index contributed by atoms with van der Waals surface area (Å²) >= 11 is 0. The van der Waals surface area contributed by atoms with Crippen molar-refractivity contribution in [1.82, 2.24) is 0 Å². The molecule has 0 saturated heterocycles. The van der Waals surface area contributed by atoms with E-state index in [0.717, 1.165) is 0 Å². The van der Waals surface area contributed by atoms with Gasteiger partial charge in [0.25, 0.3) is 0 Å². The van der Waals surface area contributed by atoms with Gasteiger partial charge in [0, 0.05) is 5.69 Å². The molecule has 0 spiro atoms. The van der Waals surface area contributed by atoms with Gasteiger partial charge in [-0.2, -0.15) is 0 Å². The maximum atomic E-state index is 10.7. The molecule has 1 amide bonds. The van der Waals surface area contributed by atoms with Crippen molar-refractivity contribution in [2.75, 3.05) is 5.32 Å². The predicted molar refractivity (Wildman–Crippen MR) is 54.1 cm³/mol. The average Bonchev–Trinajstić information content (AvgIpc) is 2.17. The first kappa shape index (κ1) is 11.0. The first-order valence-electron chi connectivity index (χ1n) is 4.33. The minimum absolute atomic E-state index is 0.420. The van der Waals surface area contributed by atoms with Gasteiger partial charge < -0.3 is 10.2 Å². The van der Waals surface area contributed by atoms with Gasteiger partial charge in [0.15, 0.2) is 0 Å². The first-order valence-corrected chi connectivity index (χ1v) is 4.33. The standard InChI is InChI=1S/C10H11NO4/c1-6(9(12)13)7-2-4-8(5-3-7)11-10(14)15/h2-6,11H,1H3,(H,12,13)(H,14,15). The van der Waals surface area contributed by atoms with Crippen molar-refractivity contribution in [3.63, 3.8) is 0 Å². The monoisotopic (exact) mass is 209 g/mol. The number of hydrogen-bond acceptors (Lipinski definition) is 2. The molecular formula is C10H11NO4. The molecule has 5 heteroatoms. The summed E-state index contributed by atoms with van der Waals surface area (Å²) in [5.74, 6) is -1.50. The maximum absolute atomic E-state index is 10.7. The van der Waals surface area contributed by atoms with Gasteiger partial charge in [0.05, 0.1) is 5.92 Å². The lowest BCUT2D eigenvalue weighted by atomic mass is 10.0. The number of carboxylic acid groups (broad SMARTS) is 2. The number of anilines is 1. The van der Waals surface area contributed by atoms with Crippen LogP contribution in [0, 0.1) is 0 Å². The van der Waals surface area contributed by atoms with Crippen LogP contribution in [0.3, 0.4) is 0 Å². The van der Waals surface area contributed by atoms with E-state index in [2.05, 4.69) is 5.32 Å². The number of aliphatic carboxylic acids is 1. The average molecular weight is 209 g/mol. The van der Waals surface area contributed by atoms with Crippen molar-refractivity contribution in [2.24, 2.45) is 0 Å². The van der Waals surface area contributed by atoms with Crippen LogP contribution < -0.4 is 5.32 Å². The molecule has 0 saturated carbocycles. The third-order valence-electron chi connectivity index (χ3n) is 2.03. The minimum atomic E-state index is -1.14. The van der Waals surface area contributed by atoms with Crippen LogP contribution in [0.1, 0.15) is 18.4 Å². The van der Waals surface area contributed by atoms with Crippen LogP contribution in [0.4, 0.5) is 10.5 Å². The summed E-state index contributed by atoms with van der Waals surface area (Å²) in [6.45, 7) is 1.57. The zero-order valence-electron chi connectivity index (χ0n) is 8.10. The van der Waals surface area contributed by atoms with Crippen molar-refractivity contribution in [2.45, 2.75) is 12.8 Å². The van der Waals surface area contributed by atoms with Crippen LogP contribution in [-0.4, -0.2) is 22.3 Å². The van der Waals surface area contributed by atoms with Crippen LogP contribution in [-0.2, 0) is 4.79 Å².